The summed E-state index contributed by atoms with van der Waals surface area (Å²) in [5.74, 6) is 0.0785. The molecular formula is C24H26N2O3. The summed E-state index contributed by atoms with van der Waals surface area (Å²) in [6.45, 7) is 4.16. The summed E-state index contributed by atoms with van der Waals surface area (Å²) in [7, 11) is 0. The average molecular weight is 390 g/mol. The highest BCUT2D eigenvalue weighted by atomic mass is 16.5. The number of hydrogen-bond donors (Lipinski definition) is 2. The maximum atomic E-state index is 12.3. The van der Waals surface area contributed by atoms with E-state index in [2.05, 4.69) is 10.3 Å². The minimum atomic E-state index is -0.564. The number of fused-ring (bicyclic) bond motifs is 1. The van der Waals surface area contributed by atoms with Gasteiger partial charge in [0.2, 0.25) is 0 Å². The van der Waals surface area contributed by atoms with Crippen LogP contribution in [0.4, 0.5) is 4.79 Å². The number of nitrogens with one attached hydrogen (secondary N) is 1. The fraction of sp³-hybridized carbons (Fsp3) is 0.250. The van der Waals surface area contributed by atoms with Gasteiger partial charge in [-0.2, -0.15) is 0 Å². The molecule has 0 aliphatic rings. The molecule has 5 nitrogen and oxygen atoms in total. The van der Waals surface area contributed by atoms with E-state index in [9.17, 15) is 9.90 Å². The van der Waals surface area contributed by atoms with Gasteiger partial charge in [-0.05, 0) is 23.6 Å². The molecule has 0 unspecified atom stereocenters. The second-order valence-electron chi connectivity index (χ2n) is 7.07. The van der Waals surface area contributed by atoms with Crippen LogP contribution in [0, 0.1) is 5.92 Å². The van der Waals surface area contributed by atoms with E-state index in [4.69, 9.17) is 4.74 Å². The minimum absolute atomic E-state index is 0.0241. The van der Waals surface area contributed by atoms with Crippen LogP contribution in [0.15, 0.2) is 72.5 Å². The van der Waals surface area contributed by atoms with Crippen molar-refractivity contribution in [2.75, 3.05) is 0 Å². The summed E-state index contributed by atoms with van der Waals surface area (Å²) >= 11 is 0. The second-order valence-corrected chi connectivity index (χ2v) is 7.07. The van der Waals surface area contributed by atoms with Crippen molar-refractivity contribution in [1.29, 1.82) is 0 Å². The maximum Gasteiger partial charge on any atom is 0.408 e. The number of para-hydroxylation sites is 1. The van der Waals surface area contributed by atoms with E-state index in [-0.39, 0.29) is 18.3 Å². The summed E-state index contributed by atoms with van der Waals surface area (Å²) in [4.78, 5) is 16.8. The highest BCUT2D eigenvalue weighted by Gasteiger charge is 2.23. The molecule has 150 valence electrons. The van der Waals surface area contributed by atoms with Gasteiger partial charge in [-0.25, -0.2) is 9.78 Å². The first-order valence-electron chi connectivity index (χ1n) is 9.80. The van der Waals surface area contributed by atoms with Gasteiger partial charge in [0.25, 0.3) is 0 Å². The number of carbonyl (C=O) groups is 1. The smallest absolute Gasteiger partial charge is 0.408 e. The third kappa shape index (κ3) is 5.57. The van der Waals surface area contributed by atoms with Crippen LogP contribution in [0.5, 0.6) is 0 Å². The number of carbonyl (C=O) groups excluding carboxylic acids is 1. The first-order valence-corrected chi connectivity index (χ1v) is 9.80. The molecule has 2 atom stereocenters. The number of aromatic nitrogens is 1. The molecule has 0 bridgehead atoms. The lowest BCUT2D eigenvalue weighted by Gasteiger charge is -2.23. The zero-order valence-corrected chi connectivity index (χ0v) is 16.7. The number of aliphatic hydroxyl groups excluding tert-OH is 1. The van der Waals surface area contributed by atoms with Crippen molar-refractivity contribution in [2.24, 2.45) is 5.92 Å². The molecular weight excluding hydrogens is 364 g/mol. The van der Waals surface area contributed by atoms with Crippen molar-refractivity contribution in [3.05, 3.63) is 83.7 Å². The van der Waals surface area contributed by atoms with Crippen molar-refractivity contribution in [1.82, 2.24) is 10.3 Å². The van der Waals surface area contributed by atoms with E-state index in [1.54, 1.807) is 6.08 Å². The van der Waals surface area contributed by atoms with Gasteiger partial charge in [0.05, 0.1) is 17.3 Å². The molecule has 1 heterocycles. The zero-order chi connectivity index (χ0) is 20.6. The van der Waals surface area contributed by atoms with Gasteiger partial charge in [0, 0.05) is 11.5 Å². The molecule has 1 aromatic heterocycles. The van der Waals surface area contributed by atoms with Gasteiger partial charge in [-0.3, -0.25) is 0 Å². The van der Waals surface area contributed by atoms with Crippen molar-refractivity contribution >= 4 is 23.1 Å². The molecule has 0 saturated heterocycles. The standard InChI is InChI=1S/C24H26N2O3/c1-3-17(2)23(26-24(28)29-16-18-9-5-4-6-10-18)22(27)15-20-14-13-19-11-7-8-12-21(19)25-20/h4-15,17,23,27H,3,16H2,1-2H3,(H,26,28)/b22-15-/t17-,23-/m0/s1. The molecule has 2 N–H and O–H groups in total. The molecule has 0 spiro atoms. The molecule has 3 aromatic rings. The lowest BCUT2D eigenvalue weighted by molar-refractivity contribution is 0.130. The Hall–Kier alpha value is -3.34. The van der Waals surface area contributed by atoms with Crippen molar-refractivity contribution in [3.8, 4) is 0 Å². The van der Waals surface area contributed by atoms with Crippen LogP contribution >= 0.6 is 0 Å². The number of benzene rings is 2. The number of hydrogen-bond acceptors (Lipinski definition) is 4. The number of alkyl carbamates (subject to hydrolysis) is 1. The number of aliphatic hydroxyl groups is 1. The van der Waals surface area contributed by atoms with Crippen LogP contribution in [0.3, 0.4) is 0 Å². The second kappa shape index (κ2) is 9.73. The van der Waals surface area contributed by atoms with Gasteiger partial charge < -0.3 is 15.2 Å². The van der Waals surface area contributed by atoms with Gasteiger partial charge in [-0.15, -0.1) is 0 Å². The van der Waals surface area contributed by atoms with Crippen molar-refractivity contribution in [3.63, 3.8) is 0 Å². The van der Waals surface area contributed by atoms with Crippen LogP contribution in [0.1, 0.15) is 31.5 Å². The highest BCUT2D eigenvalue weighted by Crippen LogP contribution is 2.18. The molecule has 2 aromatic carbocycles. The Balaban J connectivity index is 1.72. The number of pyridine rings is 1. The summed E-state index contributed by atoms with van der Waals surface area (Å²) in [6, 6.07) is 20.5. The molecule has 0 aliphatic carbocycles. The average Bonchev–Trinajstić information content (AvgIpc) is 2.76. The molecule has 1 amide bonds. The van der Waals surface area contributed by atoms with E-state index in [0.717, 1.165) is 22.9 Å². The summed E-state index contributed by atoms with van der Waals surface area (Å²) in [5, 5.41) is 14.5. The normalized spacial score (nSPS) is 13.7. The summed E-state index contributed by atoms with van der Waals surface area (Å²) in [6.07, 6.45) is 1.82. The largest absolute Gasteiger partial charge is 0.510 e. The van der Waals surface area contributed by atoms with Crippen LogP contribution < -0.4 is 5.32 Å². The third-order valence-electron chi connectivity index (χ3n) is 4.93. The van der Waals surface area contributed by atoms with Crippen LogP contribution in [0.2, 0.25) is 0 Å². The van der Waals surface area contributed by atoms with Crippen LogP contribution in [-0.2, 0) is 11.3 Å². The fourth-order valence-corrected chi connectivity index (χ4v) is 3.04. The Morgan fingerprint density at radius 1 is 1.10 bits per heavy atom. The molecule has 3 rings (SSSR count). The minimum Gasteiger partial charge on any atom is -0.510 e. The Morgan fingerprint density at radius 2 is 1.83 bits per heavy atom. The van der Waals surface area contributed by atoms with Gasteiger partial charge in [-0.1, -0.05) is 74.9 Å². The SMILES string of the molecule is CC[C@H](C)[C@H](NC(=O)OCc1ccccc1)/C(O)=C/c1ccc2ccccc2n1. The topological polar surface area (TPSA) is 71.5 Å². The van der Waals surface area contributed by atoms with E-state index < -0.39 is 12.1 Å². The molecule has 0 radical (unpaired) electrons. The predicted molar refractivity (Wildman–Crippen MR) is 115 cm³/mol. The third-order valence-corrected chi connectivity index (χ3v) is 4.93. The number of amides is 1. The fourth-order valence-electron chi connectivity index (χ4n) is 3.04. The monoisotopic (exact) mass is 390 g/mol. The van der Waals surface area contributed by atoms with Gasteiger partial charge in [0.15, 0.2) is 0 Å². The first-order chi connectivity index (χ1) is 14.1. The molecule has 5 heteroatoms. The highest BCUT2D eigenvalue weighted by molar-refractivity contribution is 5.79. The molecule has 29 heavy (non-hydrogen) atoms. The predicted octanol–water partition coefficient (Wildman–Crippen LogP) is 5.47. The van der Waals surface area contributed by atoms with Crippen molar-refractivity contribution < 1.29 is 14.6 Å². The van der Waals surface area contributed by atoms with Crippen LogP contribution in [0.25, 0.3) is 17.0 Å². The zero-order valence-electron chi connectivity index (χ0n) is 16.7. The quantitative estimate of drug-likeness (QED) is 0.524. The lowest BCUT2D eigenvalue weighted by Crippen LogP contribution is -2.41. The maximum absolute atomic E-state index is 12.3. The molecule has 0 saturated carbocycles. The van der Waals surface area contributed by atoms with E-state index in [1.165, 1.54) is 0 Å². The summed E-state index contributed by atoms with van der Waals surface area (Å²) in [5.41, 5.74) is 2.39. The van der Waals surface area contributed by atoms with Gasteiger partial charge in [0.1, 0.15) is 12.4 Å². The Morgan fingerprint density at radius 3 is 2.59 bits per heavy atom. The van der Waals surface area contributed by atoms with E-state index in [1.807, 2.05) is 80.6 Å². The number of rotatable bonds is 7. The lowest BCUT2D eigenvalue weighted by atomic mass is 9.97. The number of ether oxygens (including phenoxy) is 1. The molecule has 0 fully saturated rings. The Bertz CT molecular complexity index is 986. The number of nitrogens with zero attached hydrogens (tertiary/aromatic N) is 1. The Labute approximate surface area is 171 Å². The van der Waals surface area contributed by atoms with Crippen molar-refractivity contribution in [2.45, 2.75) is 32.9 Å². The summed E-state index contributed by atoms with van der Waals surface area (Å²) < 4.78 is 5.31. The van der Waals surface area contributed by atoms with Crippen LogP contribution in [-0.4, -0.2) is 22.2 Å². The van der Waals surface area contributed by atoms with Gasteiger partial charge >= 0.3 is 6.09 Å². The van der Waals surface area contributed by atoms with E-state index >= 15 is 0 Å². The Kier molecular flexibility index (Phi) is 6.85. The van der Waals surface area contributed by atoms with E-state index in [0.29, 0.717) is 5.69 Å². The molecule has 0 aliphatic heterocycles. The first kappa shape index (κ1) is 20.4.